The van der Waals surface area contributed by atoms with Gasteiger partial charge in [0.15, 0.2) is 5.82 Å². The molecule has 1 fully saturated rings. The van der Waals surface area contributed by atoms with E-state index in [2.05, 4.69) is 32.1 Å². The van der Waals surface area contributed by atoms with E-state index in [1.807, 2.05) is 6.07 Å². The van der Waals surface area contributed by atoms with Crippen molar-refractivity contribution >= 4 is 11.7 Å². The molecule has 1 amide bonds. The topological polar surface area (TPSA) is 95.7 Å². The Morgan fingerprint density at radius 3 is 3.09 bits per heavy atom. The van der Waals surface area contributed by atoms with E-state index in [4.69, 9.17) is 4.74 Å². The van der Waals surface area contributed by atoms with Gasteiger partial charge in [-0.15, -0.1) is 0 Å². The zero-order chi connectivity index (χ0) is 15.4. The third-order valence-corrected chi connectivity index (χ3v) is 3.89. The van der Waals surface area contributed by atoms with Crippen molar-refractivity contribution in [1.29, 1.82) is 0 Å². The molecule has 1 aliphatic carbocycles. The summed E-state index contributed by atoms with van der Waals surface area (Å²) in [7, 11) is 1.64. The Kier molecular flexibility index (Phi) is 4.53. The van der Waals surface area contributed by atoms with Gasteiger partial charge in [0.2, 0.25) is 0 Å². The Balaban J connectivity index is 1.60. The molecule has 2 heterocycles. The van der Waals surface area contributed by atoms with Gasteiger partial charge in [-0.05, 0) is 31.7 Å². The number of nitrogens with zero attached hydrogens (tertiary/aromatic N) is 2. The second-order valence-electron chi connectivity index (χ2n) is 5.48. The van der Waals surface area contributed by atoms with Crippen LogP contribution in [0.4, 0.5) is 5.82 Å². The molecule has 117 valence electrons. The number of nitrogens with one attached hydrogen (secondary N) is 3. The zero-order valence-corrected chi connectivity index (χ0v) is 12.6. The van der Waals surface area contributed by atoms with Gasteiger partial charge in [-0.2, -0.15) is 10.2 Å². The molecule has 1 atom stereocenters. The molecule has 0 saturated heterocycles. The van der Waals surface area contributed by atoms with Gasteiger partial charge in [-0.25, -0.2) is 0 Å². The number of rotatable bonds is 6. The van der Waals surface area contributed by atoms with Gasteiger partial charge in [-0.3, -0.25) is 15.0 Å². The molecular formula is C15H20N5O2. The third kappa shape index (κ3) is 3.36. The first-order chi connectivity index (χ1) is 10.8. The summed E-state index contributed by atoms with van der Waals surface area (Å²) in [6.45, 7) is 0.576. The molecule has 7 heteroatoms. The minimum atomic E-state index is -0.243. The van der Waals surface area contributed by atoms with Crippen LogP contribution in [0.15, 0.2) is 12.1 Å². The Bertz CT molecular complexity index is 627. The molecule has 0 aliphatic heterocycles. The summed E-state index contributed by atoms with van der Waals surface area (Å²) < 4.78 is 4.99. The molecule has 3 N–H and O–H groups in total. The third-order valence-electron chi connectivity index (χ3n) is 3.89. The van der Waals surface area contributed by atoms with E-state index in [0.717, 1.165) is 30.7 Å². The normalized spacial score (nSPS) is 15.3. The van der Waals surface area contributed by atoms with Crippen molar-refractivity contribution in [2.45, 2.75) is 31.6 Å². The molecule has 0 aromatic carbocycles. The SMILES string of the molecule is COCCc1cc(C(=O)Nc2cc([C@H]3C[CH]CC3)[nH]n2)[nH]n1. The number of carbonyl (C=O) groups is 1. The predicted octanol–water partition coefficient (Wildman–Crippen LogP) is 2.05. The maximum absolute atomic E-state index is 12.2. The molecule has 22 heavy (non-hydrogen) atoms. The van der Waals surface area contributed by atoms with E-state index < -0.39 is 0 Å². The highest BCUT2D eigenvalue weighted by atomic mass is 16.5. The van der Waals surface area contributed by atoms with Crippen LogP contribution in [0.5, 0.6) is 0 Å². The number of H-pyrrole nitrogens is 2. The van der Waals surface area contributed by atoms with E-state index >= 15 is 0 Å². The Hall–Kier alpha value is -2.15. The molecule has 1 radical (unpaired) electrons. The van der Waals surface area contributed by atoms with E-state index in [1.54, 1.807) is 13.2 Å². The fourth-order valence-electron chi connectivity index (χ4n) is 2.65. The quantitative estimate of drug-likeness (QED) is 0.761. The zero-order valence-electron chi connectivity index (χ0n) is 12.6. The molecule has 1 aliphatic rings. The average Bonchev–Trinajstić information content (AvgIpc) is 3.25. The number of amides is 1. The van der Waals surface area contributed by atoms with Crippen molar-refractivity contribution in [2.75, 3.05) is 19.0 Å². The first-order valence-corrected chi connectivity index (χ1v) is 7.48. The van der Waals surface area contributed by atoms with Crippen molar-refractivity contribution in [2.24, 2.45) is 0 Å². The number of hydrogen-bond acceptors (Lipinski definition) is 4. The average molecular weight is 302 g/mol. The van der Waals surface area contributed by atoms with Gasteiger partial charge < -0.3 is 10.1 Å². The van der Waals surface area contributed by atoms with Crippen LogP contribution in [0.1, 0.15) is 47.1 Å². The lowest BCUT2D eigenvalue weighted by molar-refractivity contribution is 0.102. The second kappa shape index (κ2) is 6.74. The molecule has 2 aromatic heterocycles. The lowest BCUT2D eigenvalue weighted by atomic mass is 10.0. The molecule has 3 rings (SSSR count). The van der Waals surface area contributed by atoms with Crippen molar-refractivity contribution in [3.8, 4) is 0 Å². The molecule has 0 bridgehead atoms. The maximum atomic E-state index is 12.2. The van der Waals surface area contributed by atoms with Crippen molar-refractivity contribution in [1.82, 2.24) is 20.4 Å². The fourth-order valence-corrected chi connectivity index (χ4v) is 2.65. The highest BCUT2D eigenvalue weighted by Crippen LogP contribution is 2.33. The summed E-state index contributed by atoms with van der Waals surface area (Å²) in [5.74, 6) is 0.790. The molecule has 1 saturated carbocycles. The summed E-state index contributed by atoms with van der Waals surface area (Å²) in [5.41, 5.74) is 2.30. The lowest BCUT2D eigenvalue weighted by Crippen LogP contribution is -2.12. The summed E-state index contributed by atoms with van der Waals surface area (Å²) in [6, 6.07) is 3.64. The summed E-state index contributed by atoms with van der Waals surface area (Å²) in [6.07, 6.45) is 6.31. The molecular weight excluding hydrogens is 282 g/mol. The number of ether oxygens (including phenoxy) is 1. The standard InChI is InChI=1S/C15H20N5O2/c1-22-7-6-11-8-13(19-17-11)15(21)16-14-9-12(18-20-14)10-4-2-3-5-10/h2,8-10H,3-7H2,1H3,(H,17,19)(H2,16,18,20,21)/t10-/m0/s1. The number of carbonyl (C=O) groups excluding carboxylic acids is 1. The monoisotopic (exact) mass is 302 g/mol. The van der Waals surface area contributed by atoms with Crippen LogP contribution in [0, 0.1) is 6.42 Å². The van der Waals surface area contributed by atoms with Crippen LogP contribution >= 0.6 is 0 Å². The number of aromatic nitrogens is 4. The van der Waals surface area contributed by atoms with Gasteiger partial charge in [0.1, 0.15) is 5.69 Å². The molecule has 0 spiro atoms. The summed E-state index contributed by atoms with van der Waals surface area (Å²) in [4.78, 5) is 12.2. The minimum absolute atomic E-state index is 0.243. The first kappa shape index (κ1) is 14.8. The van der Waals surface area contributed by atoms with Gasteiger partial charge >= 0.3 is 0 Å². The Labute approximate surface area is 128 Å². The minimum Gasteiger partial charge on any atom is -0.384 e. The lowest BCUT2D eigenvalue weighted by Gasteiger charge is -2.03. The van der Waals surface area contributed by atoms with Gasteiger partial charge in [0.25, 0.3) is 5.91 Å². The van der Waals surface area contributed by atoms with Crippen LogP contribution < -0.4 is 5.32 Å². The molecule has 7 nitrogen and oxygen atoms in total. The number of hydrogen-bond donors (Lipinski definition) is 3. The van der Waals surface area contributed by atoms with E-state index in [-0.39, 0.29) is 5.91 Å². The fraction of sp³-hybridized carbons (Fsp3) is 0.467. The maximum Gasteiger partial charge on any atom is 0.274 e. The van der Waals surface area contributed by atoms with Crippen LogP contribution in [-0.2, 0) is 11.2 Å². The molecule has 2 aromatic rings. The van der Waals surface area contributed by atoms with Crippen molar-refractivity contribution < 1.29 is 9.53 Å². The molecule has 0 unspecified atom stereocenters. The van der Waals surface area contributed by atoms with Crippen LogP contribution in [0.2, 0.25) is 0 Å². The van der Waals surface area contributed by atoms with Crippen molar-refractivity contribution in [3.63, 3.8) is 0 Å². The van der Waals surface area contributed by atoms with Crippen LogP contribution in [0.3, 0.4) is 0 Å². The van der Waals surface area contributed by atoms with Gasteiger partial charge in [0.05, 0.1) is 12.3 Å². The Morgan fingerprint density at radius 1 is 1.41 bits per heavy atom. The summed E-state index contributed by atoms with van der Waals surface area (Å²) >= 11 is 0. The first-order valence-electron chi connectivity index (χ1n) is 7.48. The number of methoxy groups -OCH3 is 1. The van der Waals surface area contributed by atoms with Crippen LogP contribution in [0.25, 0.3) is 0 Å². The van der Waals surface area contributed by atoms with Crippen LogP contribution in [-0.4, -0.2) is 40.0 Å². The second-order valence-corrected chi connectivity index (χ2v) is 5.48. The number of anilines is 1. The van der Waals surface area contributed by atoms with Gasteiger partial charge in [-0.1, -0.05) is 0 Å². The highest BCUT2D eigenvalue weighted by Gasteiger charge is 2.20. The smallest absolute Gasteiger partial charge is 0.274 e. The largest absolute Gasteiger partial charge is 0.384 e. The van der Waals surface area contributed by atoms with Crippen molar-refractivity contribution in [3.05, 3.63) is 35.6 Å². The van der Waals surface area contributed by atoms with E-state index in [1.165, 1.54) is 0 Å². The van der Waals surface area contributed by atoms with Gasteiger partial charge in [0, 0.05) is 31.2 Å². The summed E-state index contributed by atoms with van der Waals surface area (Å²) in [5, 5.41) is 16.8. The van der Waals surface area contributed by atoms with E-state index in [9.17, 15) is 4.79 Å². The highest BCUT2D eigenvalue weighted by molar-refractivity contribution is 6.02. The predicted molar refractivity (Wildman–Crippen MR) is 81.6 cm³/mol. The Morgan fingerprint density at radius 2 is 2.32 bits per heavy atom. The van der Waals surface area contributed by atoms with E-state index in [0.29, 0.717) is 30.5 Å². The number of aromatic amines is 2.